The van der Waals surface area contributed by atoms with Crippen LogP contribution in [0.25, 0.3) is 49.7 Å². The minimum atomic E-state index is 0.756. The number of hydrogen-bond donors (Lipinski definition) is 0. The molecule has 4 nitrogen and oxygen atoms in total. The quantitative estimate of drug-likeness (QED) is 0.214. The molecule has 0 N–H and O–H groups in total. The molecule has 2 aromatic heterocycles. The van der Waals surface area contributed by atoms with Crippen molar-refractivity contribution in [2.75, 3.05) is 4.90 Å². The molecule has 0 radical (unpaired) electrons. The van der Waals surface area contributed by atoms with Gasteiger partial charge < -0.3 is 9.47 Å². The maximum absolute atomic E-state index is 4.33. The minimum absolute atomic E-state index is 0.756. The summed E-state index contributed by atoms with van der Waals surface area (Å²) in [6, 6.07) is 43.3. The predicted octanol–water partition coefficient (Wildman–Crippen LogP) is 9.50. The maximum Gasteiger partial charge on any atom is 0.0859 e. The van der Waals surface area contributed by atoms with Crippen LogP contribution in [0.3, 0.4) is 0 Å². The largest absolute Gasteiger partial charge is 0.335 e. The van der Waals surface area contributed by atoms with Gasteiger partial charge in [-0.05, 0) is 89.6 Å². The third-order valence-electron chi connectivity index (χ3n) is 8.17. The van der Waals surface area contributed by atoms with Gasteiger partial charge in [-0.25, -0.2) is 0 Å². The lowest BCUT2D eigenvalue weighted by atomic mass is 9.91. The van der Waals surface area contributed by atoms with Crippen molar-refractivity contribution in [3.8, 4) is 27.9 Å². The van der Waals surface area contributed by atoms with Gasteiger partial charge in [0.25, 0.3) is 0 Å². The van der Waals surface area contributed by atoms with E-state index in [2.05, 4.69) is 135 Å². The molecular weight excluding hydrogens is 500 g/mol. The van der Waals surface area contributed by atoms with Gasteiger partial charge >= 0.3 is 0 Å². The van der Waals surface area contributed by atoms with Crippen LogP contribution in [0, 0.1) is 0 Å². The van der Waals surface area contributed by atoms with Crippen molar-refractivity contribution in [1.82, 2.24) is 9.55 Å². The summed E-state index contributed by atoms with van der Waals surface area (Å²) < 4.78 is 2.40. The first-order valence-corrected chi connectivity index (χ1v) is 13.8. The lowest BCUT2D eigenvalue weighted by molar-refractivity contribution is 0.963. The van der Waals surface area contributed by atoms with E-state index in [9.17, 15) is 0 Å². The molecule has 1 aliphatic rings. The molecule has 0 unspecified atom stereocenters. The normalized spacial score (nSPS) is 12.3. The molecule has 5 aromatic carbocycles. The number of benzene rings is 5. The molecule has 0 saturated heterocycles. The Kier molecular flexibility index (Phi) is 5.32. The molecule has 0 atom stereocenters. The third kappa shape index (κ3) is 3.69. The Bertz CT molecular complexity index is 2110. The van der Waals surface area contributed by atoms with Crippen molar-refractivity contribution in [1.29, 1.82) is 0 Å². The van der Waals surface area contributed by atoms with Gasteiger partial charge in [0.1, 0.15) is 0 Å². The SMILES string of the molecule is C=Nc1ccccc1N1Cc2cc3c4ccccc4n(-c4cccc(-c5ccncc5)c4)c3cc2-c2ccccc21. The van der Waals surface area contributed by atoms with Crippen LogP contribution in [0.5, 0.6) is 0 Å². The highest BCUT2D eigenvalue weighted by molar-refractivity contribution is 6.11. The topological polar surface area (TPSA) is 33.4 Å². The fourth-order valence-corrected chi connectivity index (χ4v) is 6.32. The Labute approximate surface area is 238 Å². The number of aromatic nitrogens is 2. The Morgan fingerprint density at radius 1 is 0.610 bits per heavy atom. The monoisotopic (exact) mass is 526 g/mol. The number of fused-ring (bicyclic) bond motifs is 6. The van der Waals surface area contributed by atoms with Crippen LogP contribution in [-0.4, -0.2) is 16.3 Å². The number of hydrogen-bond acceptors (Lipinski definition) is 3. The van der Waals surface area contributed by atoms with Gasteiger partial charge in [0.05, 0.1) is 22.4 Å². The molecule has 0 aliphatic carbocycles. The molecule has 1 aliphatic heterocycles. The van der Waals surface area contributed by atoms with Crippen LogP contribution in [0.4, 0.5) is 17.1 Å². The van der Waals surface area contributed by atoms with E-state index >= 15 is 0 Å². The summed E-state index contributed by atoms with van der Waals surface area (Å²) in [5.74, 6) is 0. The summed E-state index contributed by atoms with van der Waals surface area (Å²) in [4.78, 5) is 10.9. The standard InChI is InChI=1S/C37H26N4/c1-38-33-13-4-7-16-36(33)40-24-27-22-32-30-12-3-6-15-35(30)41(37(32)23-31(27)29-11-2-5-14-34(29)40)28-10-8-9-26(21-28)25-17-19-39-20-18-25/h2-23H,1,24H2. The molecule has 3 heterocycles. The van der Waals surface area contributed by atoms with Crippen molar-refractivity contribution in [2.45, 2.75) is 6.54 Å². The smallest absolute Gasteiger partial charge is 0.0859 e. The second-order valence-corrected chi connectivity index (χ2v) is 10.4. The number of aliphatic imine (C=N–C) groups is 1. The minimum Gasteiger partial charge on any atom is -0.335 e. The number of para-hydroxylation sites is 4. The van der Waals surface area contributed by atoms with E-state index < -0.39 is 0 Å². The van der Waals surface area contributed by atoms with Gasteiger partial charge in [0.15, 0.2) is 0 Å². The second-order valence-electron chi connectivity index (χ2n) is 10.4. The van der Waals surface area contributed by atoms with Crippen LogP contribution >= 0.6 is 0 Å². The zero-order valence-electron chi connectivity index (χ0n) is 22.4. The number of nitrogens with zero attached hydrogens (tertiary/aromatic N) is 4. The molecule has 7 aromatic rings. The van der Waals surface area contributed by atoms with E-state index in [4.69, 9.17) is 0 Å². The molecule has 41 heavy (non-hydrogen) atoms. The van der Waals surface area contributed by atoms with Crippen molar-refractivity contribution < 1.29 is 0 Å². The van der Waals surface area contributed by atoms with Crippen LogP contribution in [0.15, 0.2) is 139 Å². The molecule has 0 bridgehead atoms. The zero-order valence-corrected chi connectivity index (χ0v) is 22.4. The summed E-state index contributed by atoms with van der Waals surface area (Å²) in [7, 11) is 0. The van der Waals surface area contributed by atoms with Crippen LogP contribution in [0.1, 0.15) is 5.56 Å². The molecule has 8 rings (SSSR count). The van der Waals surface area contributed by atoms with E-state index in [0.717, 1.165) is 29.2 Å². The average Bonchev–Trinajstić information content (AvgIpc) is 3.37. The van der Waals surface area contributed by atoms with Crippen LogP contribution in [-0.2, 0) is 6.54 Å². The Hall–Kier alpha value is -5.48. The van der Waals surface area contributed by atoms with Crippen LogP contribution in [0.2, 0.25) is 0 Å². The molecule has 4 heteroatoms. The summed E-state index contributed by atoms with van der Waals surface area (Å²) >= 11 is 0. The Morgan fingerprint density at radius 2 is 1.39 bits per heavy atom. The van der Waals surface area contributed by atoms with Crippen molar-refractivity contribution in [3.63, 3.8) is 0 Å². The van der Waals surface area contributed by atoms with Gasteiger partial charge in [0.2, 0.25) is 0 Å². The van der Waals surface area contributed by atoms with Gasteiger partial charge in [-0.3, -0.25) is 9.98 Å². The maximum atomic E-state index is 4.33. The highest BCUT2D eigenvalue weighted by Crippen LogP contribution is 2.47. The average molecular weight is 527 g/mol. The first kappa shape index (κ1) is 23.4. The van der Waals surface area contributed by atoms with Gasteiger partial charge in [-0.2, -0.15) is 0 Å². The molecular formula is C37H26N4. The highest BCUT2D eigenvalue weighted by Gasteiger charge is 2.26. The zero-order chi connectivity index (χ0) is 27.3. The van der Waals surface area contributed by atoms with Gasteiger partial charge in [-0.15, -0.1) is 0 Å². The molecule has 0 amide bonds. The third-order valence-corrected chi connectivity index (χ3v) is 8.17. The summed E-state index contributed by atoms with van der Waals surface area (Å²) in [6.07, 6.45) is 3.69. The summed E-state index contributed by atoms with van der Waals surface area (Å²) in [6.45, 7) is 4.59. The highest BCUT2D eigenvalue weighted by atomic mass is 15.2. The molecule has 194 valence electrons. The fraction of sp³-hybridized carbons (Fsp3) is 0.0270. The van der Waals surface area contributed by atoms with Crippen LogP contribution < -0.4 is 4.90 Å². The lowest BCUT2D eigenvalue weighted by Gasteiger charge is -2.33. The van der Waals surface area contributed by atoms with Crippen molar-refractivity contribution >= 4 is 45.6 Å². The summed E-state index contributed by atoms with van der Waals surface area (Å²) in [5.41, 5.74) is 12.8. The van der Waals surface area contributed by atoms with E-state index in [-0.39, 0.29) is 0 Å². The van der Waals surface area contributed by atoms with E-state index in [1.54, 1.807) is 0 Å². The first-order valence-electron chi connectivity index (χ1n) is 13.8. The Balaban J connectivity index is 1.38. The number of rotatable bonds is 4. The van der Waals surface area contributed by atoms with E-state index in [1.165, 1.54) is 49.7 Å². The van der Waals surface area contributed by atoms with E-state index in [0.29, 0.717) is 0 Å². The van der Waals surface area contributed by atoms with Gasteiger partial charge in [0, 0.05) is 46.6 Å². The second kappa shape index (κ2) is 9.32. The lowest BCUT2D eigenvalue weighted by Crippen LogP contribution is -2.21. The Morgan fingerprint density at radius 3 is 2.27 bits per heavy atom. The van der Waals surface area contributed by atoms with Crippen molar-refractivity contribution in [2.24, 2.45) is 4.99 Å². The molecule has 0 spiro atoms. The fourth-order valence-electron chi connectivity index (χ4n) is 6.32. The molecule has 0 saturated carbocycles. The van der Waals surface area contributed by atoms with Gasteiger partial charge in [-0.1, -0.05) is 60.7 Å². The number of pyridine rings is 1. The summed E-state index contributed by atoms with van der Waals surface area (Å²) in [5, 5.41) is 2.50. The predicted molar refractivity (Wildman–Crippen MR) is 171 cm³/mol. The van der Waals surface area contributed by atoms with Crippen molar-refractivity contribution in [3.05, 3.63) is 139 Å². The molecule has 0 fully saturated rings. The first-order chi connectivity index (χ1) is 20.3. The van der Waals surface area contributed by atoms with E-state index in [1.807, 2.05) is 24.5 Å². The number of anilines is 2.